The molecule has 2 nitrogen and oxygen atoms in total. The van der Waals surface area contributed by atoms with Gasteiger partial charge in [0.1, 0.15) is 0 Å². The van der Waals surface area contributed by atoms with Crippen molar-refractivity contribution in [2.45, 2.75) is 0 Å². The molecule has 0 fully saturated rings. The minimum absolute atomic E-state index is 0.726. The molecule has 50 heavy (non-hydrogen) atoms. The van der Waals surface area contributed by atoms with Crippen molar-refractivity contribution in [2.75, 3.05) is 0 Å². The van der Waals surface area contributed by atoms with Gasteiger partial charge in [-0.15, -0.1) is 0 Å². The summed E-state index contributed by atoms with van der Waals surface area (Å²) in [5.41, 5.74) is 7.46. The predicted molar refractivity (Wildman–Crippen MR) is 212 cm³/mol. The molecule has 0 atom stereocenters. The molecule has 0 aliphatic heterocycles. The van der Waals surface area contributed by atoms with Gasteiger partial charge in [-0.2, -0.15) is 0 Å². The molecule has 0 unspecified atom stereocenters. The van der Waals surface area contributed by atoms with E-state index in [9.17, 15) is 0 Å². The third-order valence-corrected chi connectivity index (χ3v) is 14.3. The third kappa shape index (κ3) is 5.88. The molecular formula is C46H33ClN2Si. The molecule has 0 saturated carbocycles. The first-order valence-electron chi connectivity index (χ1n) is 16.8. The van der Waals surface area contributed by atoms with Crippen LogP contribution in [0.3, 0.4) is 0 Å². The number of halogens is 1. The lowest BCUT2D eigenvalue weighted by molar-refractivity contribution is 1.22. The zero-order chi connectivity index (χ0) is 33.8. The second kappa shape index (κ2) is 13.9. The number of nitrogens with zero attached hydrogens (tertiary/aromatic N) is 2. The van der Waals surface area contributed by atoms with Gasteiger partial charge in [0.25, 0.3) is 0 Å². The van der Waals surface area contributed by atoms with E-state index in [-0.39, 0.29) is 0 Å². The van der Waals surface area contributed by atoms with Crippen molar-refractivity contribution < 1.29 is 0 Å². The van der Waals surface area contributed by atoms with Crippen LogP contribution in [0.2, 0.25) is 5.02 Å². The minimum Gasteiger partial charge on any atom is -0.243 e. The average Bonchev–Trinajstić information content (AvgIpc) is 3.20. The standard InChI is InChI=1S/C46H33ClN2Si/c47-38-25-17-31-42(33-38)50(39-26-12-4-13-27-39,40-28-14-5-15-29-40)41-30-16-24-37(32-41)46-45(36-22-10-3-11-23-36)48-43(34-18-6-1-7-19-34)44(49-46)35-20-8-2-9-21-35/h1-33H. The summed E-state index contributed by atoms with van der Waals surface area (Å²) in [6.45, 7) is 0. The van der Waals surface area contributed by atoms with Gasteiger partial charge in [-0.3, -0.25) is 0 Å². The van der Waals surface area contributed by atoms with Crippen molar-refractivity contribution in [2.24, 2.45) is 0 Å². The Morgan fingerprint density at radius 2 is 0.620 bits per heavy atom. The average molecular weight is 677 g/mol. The number of hydrogen-bond acceptors (Lipinski definition) is 2. The third-order valence-electron chi connectivity index (χ3n) is 9.28. The highest BCUT2D eigenvalue weighted by Gasteiger charge is 2.41. The lowest BCUT2D eigenvalue weighted by Crippen LogP contribution is -2.74. The van der Waals surface area contributed by atoms with Crippen LogP contribution in [0.25, 0.3) is 45.0 Å². The highest BCUT2D eigenvalue weighted by Crippen LogP contribution is 2.37. The van der Waals surface area contributed by atoms with Crippen LogP contribution in [0.5, 0.6) is 0 Å². The SMILES string of the molecule is Clc1cccc([Si](c2ccccc2)(c2ccccc2)c2cccc(-c3nc(-c4ccccc4)c(-c4ccccc4)nc3-c3ccccc3)c2)c1. The van der Waals surface area contributed by atoms with E-state index < -0.39 is 8.07 Å². The summed E-state index contributed by atoms with van der Waals surface area (Å²) in [5.74, 6) is 0. The first kappa shape index (κ1) is 31.4. The molecule has 1 heterocycles. The van der Waals surface area contributed by atoms with E-state index in [1.807, 2.05) is 24.3 Å². The van der Waals surface area contributed by atoms with Crippen LogP contribution < -0.4 is 20.7 Å². The fourth-order valence-corrected chi connectivity index (χ4v) is 12.1. The summed E-state index contributed by atoms with van der Waals surface area (Å²) in [6.07, 6.45) is 0. The van der Waals surface area contributed by atoms with Crippen LogP contribution in [0.1, 0.15) is 0 Å². The van der Waals surface area contributed by atoms with Crippen molar-refractivity contribution in [1.82, 2.24) is 9.97 Å². The Balaban J connectivity index is 1.44. The molecular weight excluding hydrogens is 644 g/mol. The smallest absolute Gasteiger partial charge is 0.179 e. The molecule has 4 heteroatoms. The Bertz CT molecular complexity index is 2330. The van der Waals surface area contributed by atoms with Gasteiger partial charge in [-0.1, -0.05) is 200 Å². The van der Waals surface area contributed by atoms with Crippen molar-refractivity contribution in [1.29, 1.82) is 0 Å². The van der Waals surface area contributed by atoms with Gasteiger partial charge in [0.05, 0.1) is 22.8 Å². The van der Waals surface area contributed by atoms with Crippen LogP contribution in [0, 0.1) is 0 Å². The van der Waals surface area contributed by atoms with Gasteiger partial charge in [-0.05, 0) is 32.9 Å². The maximum Gasteiger partial charge on any atom is 0.179 e. The predicted octanol–water partition coefficient (Wildman–Crippen LogP) is 9.18. The second-order valence-corrected chi connectivity index (χ2v) is 16.5. The van der Waals surface area contributed by atoms with E-state index in [2.05, 4.69) is 176 Å². The molecule has 7 aromatic carbocycles. The lowest BCUT2D eigenvalue weighted by atomic mass is 9.99. The summed E-state index contributed by atoms with van der Waals surface area (Å²) < 4.78 is 0. The highest BCUT2D eigenvalue weighted by atomic mass is 35.5. The Morgan fingerprint density at radius 3 is 1.04 bits per heavy atom. The molecule has 0 amide bonds. The van der Waals surface area contributed by atoms with Crippen LogP contribution in [-0.4, -0.2) is 18.0 Å². The second-order valence-electron chi connectivity index (χ2n) is 12.3. The normalized spacial score (nSPS) is 11.3. The van der Waals surface area contributed by atoms with Gasteiger partial charge in [0.15, 0.2) is 8.07 Å². The van der Waals surface area contributed by atoms with Gasteiger partial charge in [-0.25, -0.2) is 9.97 Å². The molecule has 0 saturated heterocycles. The molecule has 8 rings (SSSR count). The molecule has 1 aromatic heterocycles. The molecule has 8 aromatic rings. The molecule has 0 bridgehead atoms. The van der Waals surface area contributed by atoms with E-state index in [0.717, 1.165) is 50.1 Å². The van der Waals surface area contributed by atoms with Crippen molar-refractivity contribution >= 4 is 40.4 Å². The van der Waals surface area contributed by atoms with Crippen LogP contribution in [-0.2, 0) is 0 Å². The van der Waals surface area contributed by atoms with E-state index in [1.54, 1.807) is 0 Å². The molecule has 0 aliphatic rings. The molecule has 238 valence electrons. The number of rotatable bonds is 8. The Morgan fingerprint density at radius 1 is 0.300 bits per heavy atom. The van der Waals surface area contributed by atoms with Gasteiger partial charge in [0, 0.05) is 27.3 Å². The summed E-state index contributed by atoms with van der Waals surface area (Å²) >= 11 is 6.77. The van der Waals surface area contributed by atoms with E-state index in [0.29, 0.717) is 0 Å². The van der Waals surface area contributed by atoms with Gasteiger partial charge in [0.2, 0.25) is 0 Å². The topological polar surface area (TPSA) is 25.8 Å². The summed E-state index contributed by atoms with van der Waals surface area (Å²) in [7, 11) is -2.87. The van der Waals surface area contributed by atoms with Gasteiger partial charge >= 0.3 is 0 Å². The quantitative estimate of drug-likeness (QED) is 0.119. The van der Waals surface area contributed by atoms with Crippen molar-refractivity contribution in [3.63, 3.8) is 0 Å². The fraction of sp³-hybridized carbons (Fsp3) is 0. The lowest BCUT2D eigenvalue weighted by Gasteiger charge is -2.34. The minimum atomic E-state index is -2.87. The zero-order valence-electron chi connectivity index (χ0n) is 27.3. The Labute approximate surface area is 299 Å². The Kier molecular flexibility index (Phi) is 8.75. The van der Waals surface area contributed by atoms with Crippen molar-refractivity contribution in [3.8, 4) is 45.0 Å². The molecule has 0 aliphatic carbocycles. The first-order valence-corrected chi connectivity index (χ1v) is 19.2. The van der Waals surface area contributed by atoms with E-state index in [4.69, 9.17) is 21.6 Å². The molecule has 0 N–H and O–H groups in total. The zero-order valence-corrected chi connectivity index (χ0v) is 29.1. The van der Waals surface area contributed by atoms with Crippen LogP contribution >= 0.6 is 11.6 Å². The van der Waals surface area contributed by atoms with Crippen molar-refractivity contribution in [3.05, 3.63) is 205 Å². The van der Waals surface area contributed by atoms with Crippen LogP contribution in [0.15, 0.2) is 200 Å². The molecule has 0 radical (unpaired) electrons. The van der Waals surface area contributed by atoms with E-state index in [1.165, 1.54) is 20.7 Å². The maximum absolute atomic E-state index is 6.77. The summed E-state index contributed by atoms with van der Waals surface area (Å²) in [4.78, 5) is 11.0. The highest BCUT2D eigenvalue weighted by molar-refractivity contribution is 7.20. The van der Waals surface area contributed by atoms with E-state index >= 15 is 0 Å². The van der Waals surface area contributed by atoms with Crippen LogP contribution in [0.4, 0.5) is 0 Å². The number of aromatic nitrogens is 2. The molecule has 0 spiro atoms. The number of hydrogen-bond donors (Lipinski definition) is 0. The number of benzene rings is 7. The summed E-state index contributed by atoms with van der Waals surface area (Å²) in [6, 6.07) is 70.3. The largest absolute Gasteiger partial charge is 0.243 e. The first-order chi connectivity index (χ1) is 24.7. The Hall–Kier alpha value is -5.87. The maximum atomic E-state index is 6.77. The summed E-state index contributed by atoms with van der Waals surface area (Å²) in [5, 5.41) is 5.75. The monoisotopic (exact) mass is 676 g/mol. The fourth-order valence-electron chi connectivity index (χ4n) is 7.03. The van der Waals surface area contributed by atoms with Gasteiger partial charge < -0.3 is 0 Å².